The minimum absolute atomic E-state index is 0.136. The van der Waals surface area contributed by atoms with Crippen LogP contribution in [-0.4, -0.2) is 9.97 Å². The molecule has 0 fully saturated rings. The van der Waals surface area contributed by atoms with Gasteiger partial charge in [0.1, 0.15) is 5.15 Å². The molecule has 1 aromatic heterocycles. The van der Waals surface area contributed by atoms with E-state index in [0.29, 0.717) is 26.6 Å². The zero-order chi connectivity index (χ0) is 15.1. The second kappa shape index (κ2) is 5.95. The lowest BCUT2D eigenvalue weighted by atomic mass is 9.92. The quantitative estimate of drug-likeness (QED) is 0.400. The van der Waals surface area contributed by atoms with Crippen molar-refractivity contribution in [3.63, 3.8) is 0 Å². The Bertz CT molecular complexity index is 666. The summed E-state index contributed by atoms with van der Waals surface area (Å²) in [6.07, 6.45) is 0. The average molecular weight is 442 g/mol. The van der Waals surface area contributed by atoms with Gasteiger partial charge in [-0.1, -0.05) is 55.6 Å². The van der Waals surface area contributed by atoms with Gasteiger partial charge in [0.25, 0.3) is 0 Å². The molecule has 0 aliphatic heterocycles. The molecule has 0 N–H and O–H groups in total. The second-order valence-electron chi connectivity index (χ2n) is 5.37. The Morgan fingerprint density at radius 3 is 2.30 bits per heavy atom. The van der Waals surface area contributed by atoms with E-state index >= 15 is 0 Å². The molecular formula is C14H12Cl3IN2. The molecule has 2 rings (SSSR count). The van der Waals surface area contributed by atoms with Crippen molar-refractivity contribution in [2.75, 3.05) is 0 Å². The van der Waals surface area contributed by atoms with Gasteiger partial charge in [-0.05, 0) is 40.8 Å². The second-order valence-corrected chi connectivity index (χ2v) is 7.66. The van der Waals surface area contributed by atoms with Gasteiger partial charge in [0, 0.05) is 16.0 Å². The summed E-state index contributed by atoms with van der Waals surface area (Å²) in [4.78, 5) is 8.95. The number of aromatic nitrogens is 2. The van der Waals surface area contributed by atoms with E-state index in [9.17, 15) is 0 Å². The van der Waals surface area contributed by atoms with Gasteiger partial charge in [-0.15, -0.1) is 0 Å². The highest BCUT2D eigenvalue weighted by atomic mass is 127. The molecule has 0 saturated carbocycles. The Labute approximate surface area is 147 Å². The lowest BCUT2D eigenvalue weighted by Gasteiger charge is -2.20. The van der Waals surface area contributed by atoms with E-state index in [-0.39, 0.29) is 5.41 Å². The van der Waals surface area contributed by atoms with Crippen LogP contribution >= 0.6 is 57.4 Å². The third-order valence-electron chi connectivity index (χ3n) is 2.69. The predicted molar refractivity (Wildman–Crippen MR) is 93.9 cm³/mol. The molecule has 0 saturated heterocycles. The van der Waals surface area contributed by atoms with Crippen molar-refractivity contribution < 1.29 is 0 Å². The van der Waals surface area contributed by atoms with Crippen LogP contribution in [0.2, 0.25) is 15.2 Å². The van der Waals surface area contributed by atoms with Gasteiger partial charge in [0.05, 0.1) is 14.3 Å². The van der Waals surface area contributed by atoms with Gasteiger partial charge >= 0.3 is 0 Å². The Morgan fingerprint density at radius 2 is 1.70 bits per heavy atom. The molecule has 1 aromatic carbocycles. The molecule has 0 aliphatic carbocycles. The van der Waals surface area contributed by atoms with E-state index in [1.165, 1.54) is 0 Å². The van der Waals surface area contributed by atoms with Crippen LogP contribution in [0.5, 0.6) is 0 Å². The Morgan fingerprint density at radius 1 is 1.05 bits per heavy atom. The third kappa shape index (κ3) is 3.38. The number of rotatable bonds is 1. The van der Waals surface area contributed by atoms with E-state index < -0.39 is 0 Å². The minimum atomic E-state index is -0.136. The molecular weight excluding hydrogens is 429 g/mol. The Balaban J connectivity index is 2.70. The van der Waals surface area contributed by atoms with Crippen molar-refractivity contribution in [2.24, 2.45) is 0 Å². The monoisotopic (exact) mass is 440 g/mol. The van der Waals surface area contributed by atoms with Crippen LogP contribution in [0.15, 0.2) is 18.2 Å². The molecule has 106 valence electrons. The van der Waals surface area contributed by atoms with E-state index in [1.54, 1.807) is 18.2 Å². The number of nitrogens with zero attached hydrogens (tertiary/aromatic N) is 2. The third-order valence-corrected chi connectivity index (χ3v) is 4.87. The average Bonchev–Trinajstić information content (AvgIpc) is 2.34. The highest BCUT2D eigenvalue weighted by Gasteiger charge is 2.23. The minimum Gasteiger partial charge on any atom is -0.231 e. The molecule has 2 aromatic rings. The highest BCUT2D eigenvalue weighted by Crippen LogP contribution is 2.34. The topological polar surface area (TPSA) is 25.8 Å². The van der Waals surface area contributed by atoms with Crippen LogP contribution in [0.1, 0.15) is 26.5 Å². The molecule has 0 unspecified atom stereocenters. The lowest BCUT2D eigenvalue weighted by molar-refractivity contribution is 0.563. The van der Waals surface area contributed by atoms with Crippen LogP contribution < -0.4 is 0 Å². The number of hydrogen-bond acceptors (Lipinski definition) is 2. The first-order chi connectivity index (χ1) is 9.20. The maximum Gasteiger partial charge on any atom is 0.162 e. The maximum absolute atomic E-state index is 6.23. The molecule has 20 heavy (non-hydrogen) atoms. The molecule has 2 nitrogen and oxygen atoms in total. The zero-order valence-electron chi connectivity index (χ0n) is 11.1. The number of hydrogen-bond donors (Lipinski definition) is 0. The number of benzene rings is 1. The summed E-state index contributed by atoms with van der Waals surface area (Å²) in [5.74, 6) is 0.493. The summed E-state index contributed by atoms with van der Waals surface area (Å²) in [5, 5.41) is 1.56. The van der Waals surface area contributed by atoms with E-state index in [1.807, 2.05) is 0 Å². The zero-order valence-corrected chi connectivity index (χ0v) is 15.6. The molecule has 0 atom stereocenters. The van der Waals surface area contributed by atoms with Gasteiger partial charge in [0.2, 0.25) is 0 Å². The SMILES string of the molecule is CC(C)(C)c1nc(-c2cc(Cl)ccc2Cl)nc(Cl)c1I. The van der Waals surface area contributed by atoms with Crippen LogP contribution in [0.4, 0.5) is 0 Å². The molecule has 1 heterocycles. The van der Waals surface area contributed by atoms with Gasteiger partial charge in [-0.2, -0.15) is 0 Å². The normalized spacial score (nSPS) is 11.8. The summed E-state index contributed by atoms with van der Waals surface area (Å²) in [7, 11) is 0. The Kier molecular flexibility index (Phi) is 4.84. The largest absolute Gasteiger partial charge is 0.231 e. The predicted octanol–water partition coefficient (Wildman–Crippen LogP) is 6.01. The van der Waals surface area contributed by atoms with E-state index in [0.717, 1.165) is 9.26 Å². The first-order valence-corrected chi connectivity index (χ1v) is 8.10. The van der Waals surface area contributed by atoms with Crippen LogP contribution in [0.25, 0.3) is 11.4 Å². The maximum atomic E-state index is 6.23. The fourth-order valence-corrected chi connectivity index (χ4v) is 3.30. The highest BCUT2D eigenvalue weighted by molar-refractivity contribution is 14.1. The first-order valence-electron chi connectivity index (χ1n) is 5.89. The standard InChI is InChI=1S/C14H12Cl3IN2/c1-14(2,3)11-10(18)12(17)20-13(19-11)8-6-7(15)4-5-9(8)16/h4-6H,1-3H3. The van der Waals surface area contributed by atoms with Crippen LogP contribution in [0, 0.1) is 3.57 Å². The summed E-state index contributed by atoms with van der Waals surface area (Å²) in [6, 6.07) is 5.20. The first kappa shape index (κ1) is 16.3. The van der Waals surface area contributed by atoms with E-state index in [4.69, 9.17) is 34.8 Å². The molecule has 0 radical (unpaired) electrons. The van der Waals surface area contributed by atoms with Crippen LogP contribution in [0.3, 0.4) is 0 Å². The van der Waals surface area contributed by atoms with E-state index in [2.05, 4.69) is 53.3 Å². The molecule has 0 spiro atoms. The van der Waals surface area contributed by atoms with Crippen molar-refractivity contribution in [1.82, 2.24) is 9.97 Å². The van der Waals surface area contributed by atoms with Crippen molar-refractivity contribution in [3.8, 4) is 11.4 Å². The van der Waals surface area contributed by atoms with Gasteiger partial charge in [-0.25, -0.2) is 9.97 Å². The number of halogens is 4. The van der Waals surface area contributed by atoms with Gasteiger partial charge in [-0.3, -0.25) is 0 Å². The summed E-state index contributed by atoms with van der Waals surface area (Å²) < 4.78 is 0.860. The summed E-state index contributed by atoms with van der Waals surface area (Å²) in [5.41, 5.74) is 1.44. The Hall–Kier alpha value is -0.100. The smallest absolute Gasteiger partial charge is 0.162 e. The van der Waals surface area contributed by atoms with Gasteiger partial charge in [0.15, 0.2) is 5.82 Å². The van der Waals surface area contributed by atoms with Crippen molar-refractivity contribution in [2.45, 2.75) is 26.2 Å². The van der Waals surface area contributed by atoms with Gasteiger partial charge < -0.3 is 0 Å². The fraction of sp³-hybridized carbons (Fsp3) is 0.286. The molecule has 0 bridgehead atoms. The van der Waals surface area contributed by atoms with Crippen molar-refractivity contribution in [3.05, 3.63) is 42.7 Å². The molecule has 6 heteroatoms. The molecule has 0 aliphatic rings. The van der Waals surface area contributed by atoms with Crippen molar-refractivity contribution in [1.29, 1.82) is 0 Å². The van der Waals surface area contributed by atoms with Crippen LogP contribution in [-0.2, 0) is 5.41 Å². The fourth-order valence-electron chi connectivity index (χ4n) is 1.71. The lowest BCUT2D eigenvalue weighted by Crippen LogP contribution is -2.17. The summed E-state index contributed by atoms with van der Waals surface area (Å²) in [6.45, 7) is 6.24. The summed E-state index contributed by atoms with van der Waals surface area (Å²) >= 11 is 20.6. The molecule has 0 amide bonds. The van der Waals surface area contributed by atoms with Crippen molar-refractivity contribution >= 4 is 57.4 Å².